The molecule has 0 saturated heterocycles. The number of hydrogen-bond acceptors (Lipinski definition) is 3. The first-order chi connectivity index (χ1) is 7.66. The Morgan fingerprint density at radius 1 is 1.38 bits per heavy atom. The first-order valence-corrected chi connectivity index (χ1v) is 6.25. The molecule has 0 aliphatic rings. The second-order valence-corrected chi connectivity index (χ2v) is 4.97. The molecule has 0 bridgehead atoms. The molecule has 2 aromatic rings. The van der Waals surface area contributed by atoms with E-state index in [0.29, 0.717) is 11.4 Å². The summed E-state index contributed by atoms with van der Waals surface area (Å²) in [4.78, 5) is 5.07. The standard InChI is InChI=1S/C12H12ClNOS/c1-8-12(16-7-14-8)11(15)6-9-2-4-10(13)5-3-9/h2-5,7,11,15H,6H2,1H3. The van der Waals surface area contributed by atoms with Gasteiger partial charge in [-0.05, 0) is 24.6 Å². The van der Waals surface area contributed by atoms with Crippen LogP contribution in [0.25, 0.3) is 0 Å². The Kier molecular flexibility index (Phi) is 3.59. The number of aliphatic hydroxyl groups excluding tert-OH is 1. The second kappa shape index (κ2) is 4.95. The van der Waals surface area contributed by atoms with Crippen molar-refractivity contribution >= 4 is 22.9 Å². The van der Waals surface area contributed by atoms with Crippen LogP contribution >= 0.6 is 22.9 Å². The van der Waals surface area contributed by atoms with Crippen LogP contribution in [-0.4, -0.2) is 10.1 Å². The van der Waals surface area contributed by atoms with E-state index in [1.165, 1.54) is 11.3 Å². The average Bonchev–Trinajstić information content (AvgIpc) is 2.68. The number of thiazole rings is 1. The highest BCUT2D eigenvalue weighted by Gasteiger charge is 2.13. The quantitative estimate of drug-likeness (QED) is 0.910. The van der Waals surface area contributed by atoms with Crippen LogP contribution in [0.15, 0.2) is 29.8 Å². The largest absolute Gasteiger partial charge is 0.387 e. The van der Waals surface area contributed by atoms with E-state index in [2.05, 4.69) is 4.98 Å². The van der Waals surface area contributed by atoms with Crippen LogP contribution in [0.1, 0.15) is 22.2 Å². The minimum atomic E-state index is -0.478. The van der Waals surface area contributed by atoms with Gasteiger partial charge >= 0.3 is 0 Å². The zero-order valence-corrected chi connectivity index (χ0v) is 10.4. The van der Waals surface area contributed by atoms with E-state index in [0.717, 1.165) is 16.1 Å². The summed E-state index contributed by atoms with van der Waals surface area (Å²) >= 11 is 7.30. The molecule has 0 spiro atoms. The minimum absolute atomic E-state index is 0.478. The SMILES string of the molecule is Cc1ncsc1C(O)Cc1ccc(Cl)cc1. The highest BCUT2D eigenvalue weighted by atomic mass is 35.5. The molecule has 2 rings (SSSR count). The topological polar surface area (TPSA) is 33.1 Å². The first kappa shape index (κ1) is 11.6. The molecule has 0 fully saturated rings. The lowest BCUT2D eigenvalue weighted by molar-refractivity contribution is 0.181. The first-order valence-electron chi connectivity index (χ1n) is 4.99. The van der Waals surface area contributed by atoms with Gasteiger partial charge < -0.3 is 5.11 Å². The zero-order valence-electron chi connectivity index (χ0n) is 8.85. The molecule has 1 aromatic carbocycles. The van der Waals surface area contributed by atoms with Gasteiger partial charge in [0.15, 0.2) is 0 Å². The van der Waals surface area contributed by atoms with Gasteiger partial charge in [-0.2, -0.15) is 0 Å². The normalized spacial score (nSPS) is 12.7. The third-order valence-corrected chi connectivity index (χ3v) is 3.71. The molecule has 2 nitrogen and oxygen atoms in total. The van der Waals surface area contributed by atoms with Crippen molar-refractivity contribution in [3.8, 4) is 0 Å². The van der Waals surface area contributed by atoms with E-state index in [1.807, 2.05) is 31.2 Å². The molecule has 1 unspecified atom stereocenters. The van der Waals surface area contributed by atoms with Crippen molar-refractivity contribution in [3.05, 3.63) is 50.9 Å². The van der Waals surface area contributed by atoms with Gasteiger partial charge in [0.2, 0.25) is 0 Å². The van der Waals surface area contributed by atoms with Gasteiger partial charge in [-0.15, -0.1) is 11.3 Å². The highest BCUT2D eigenvalue weighted by Crippen LogP contribution is 2.25. The van der Waals surface area contributed by atoms with Crippen molar-refractivity contribution < 1.29 is 5.11 Å². The van der Waals surface area contributed by atoms with Gasteiger partial charge in [0.25, 0.3) is 0 Å². The monoisotopic (exact) mass is 253 g/mol. The van der Waals surface area contributed by atoms with Gasteiger partial charge in [-0.3, -0.25) is 0 Å². The summed E-state index contributed by atoms with van der Waals surface area (Å²) in [7, 11) is 0. The third kappa shape index (κ3) is 2.61. The molecule has 0 amide bonds. The molecule has 1 N–H and O–H groups in total. The Bertz CT molecular complexity index is 466. The number of rotatable bonds is 3. The van der Waals surface area contributed by atoms with Gasteiger partial charge in [-0.25, -0.2) is 4.98 Å². The van der Waals surface area contributed by atoms with Crippen LogP contribution in [0.3, 0.4) is 0 Å². The number of benzene rings is 1. The van der Waals surface area contributed by atoms with Crippen molar-refractivity contribution in [1.82, 2.24) is 4.98 Å². The third-order valence-electron chi connectivity index (χ3n) is 2.43. The van der Waals surface area contributed by atoms with Gasteiger partial charge in [0.1, 0.15) is 0 Å². The highest BCUT2D eigenvalue weighted by molar-refractivity contribution is 7.09. The van der Waals surface area contributed by atoms with E-state index in [4.69, 9.17) is 11.6 Å². The van der Waals surface area contributed by atoms with Crippen molar-refractivity contribution in [2.45, 2.75) is 19.4 Å². The maximum absolute atomic E-state index is 10.1. The van der Waals surface area contributed by atoms with E-state index in [-0.39, 0.29) is 0 Å². The lowest BCUT2D eigenvalue weighted by atomic mass is 10.1. The predicted octanol–water partition coefficient (Wildman–Crippen LogP) is 3.38. The second-order valence-electron chi connectivity index (χ2n) is 3.65. The summed E-state index contributed by atoms with van der Waals surface area (Å²) in [6.07, 6.45) is 0.119. The maximum Gasteiger partial charge on any atom is 0.0940 e. The van der Waals surface area contributed by atoms with Crippen LogP contribution in [0.2, 0.25) is 5.02 Å². The molecule has 0 aliphatic carbocycles. The smallest absolute Gasteiger partial charge is 0.0940 e. The molecule has 4 heteroatoms. The molecular weight excluding hydrogens is 242 g/mol. The van der Waals surface area contributed by atoms with Crippen molar-refractivity contribution in [2.75, 3.05) is 0 Å². The summed E-state index contributed by atoms with van der Waals surface area (Å²) in [6.45, 7) is 1.91. The van der Waals surface area contributed by atoms with E-state index in [1.54, 1.807) is 5.51 Å². The average molecular weight is 254 g/mol. The van der Waals surface area contributed by atoms with Crippen LogP contribution in [-0.2, 0) is 6.42 Å². The fourth-order valence-corrected chi connectivity index (χ4v) is 2.48. The Balaban J connectivity index is 2.10. The number of hydrogen-bond donors (Lipinski definition) is 1. The molecule has 0 aliphatic heterocycles. The summed E-state index contributed by atoms with van der Waals surface area (Å²) in [5.74, 6) is 0. The molecule has 0 radical (unpaired) electrons. The van der Waals surface area contributed by atoms with E-state index < -0.39 is 6.10 Å². The summed E-state index contributed by atoms with van der Waals surface area (Å²) < 4.78 is 0. The van der Waals surface area contributed by atoms with E-state index >= 15 is 0 Å². The fraction of sp³-hybridized carbons (Fsp3) is 0.250. The van der Waals surface area contributed by atoms with E-state index in [9.17, 15) is 5.11 Å². The summed E-state index contributed by atoms with van der Waals surface area (Å²) in [5.41, 5.74) is 3.74. The van der Waals surface area contributed by atoms with Gasteiger partial charge in [0.05, 0.1) is 22.2 Å². The zero-order chi connectivity index (χ0) is 11.5. The molecule has 1 aromatic heterocycles. The number of nitrogens with zero attached hydrogens (tertiary/aromatic N) is 1. The van der Waals surface area contributed by atoms with Crippen LogP contribution in [0.4, 0.5) is 0 Å². The molecule has 16 heavy (non-hydrogen) atoms. The lowest BCUT2D eigenvalue weighted by Gasteiger charge is -2.09. The van der Waals surface area contributed by atoms with Crippen LogP contribution < -0.4 is 0 Å². The predicted molar refractivity (Wildman–Crippen MR) is 67.0 cm³/mol. The lowest BCUT2D eigenvalue weighted by Crippen LogP contribution is -2.01. The Morgan fingerprint density at radius 3 is 2.62 bits per heavy atom. The van der Waals surface area contributed by atoms with Gasteiger partial charge in [-0.1, -0.05) is 23.7 Å². The molecule has 84 valence electrons. The Labute approximate surface area is 104 Å². The number of aliphatic hydroxyl groups is 1. The number of aryl methyl sites for hydroxylation is 1. The fourth-order valence-electron chi connectivity index (χ4n) is 1.57. The minimum Gasteiger partial charge on any atom is -0.387 e. The van der Waals surface area contributed by atoms with Crippen molar-refractivity contribution in [1.29, 1.82) is 0 Å². The molecule has 0 saturated carbocycles. The molecule has 1 atom stereocenters. The Morgan fingerprint density at radius 2 is 2.06 bits per heavy atom. The van der Waals surface area contributed by atoms with Crippen molar-refractivity contribution in [3.63, 3.8) is 0 Å². The summed E-state index contributed by atoms with van der Waals surface area (Å²) in [6, 6.07) is 7.54. The number of aromatic nitrogens is 1. The van der Waals surface area contributed by atoms with Crippen molar-refractivity contribution in [2.24, 2.45) is 0 Å². The maximum atomic E-state index is 10.1. The van der Waals surface area contributed by atoms with Crippen LogP contribution in [0.5, 0.6) is 0 Å². The van der Waals surface area contributed by atoms with Crippen LogP contribution in [0, 0.1) is 6.92 Å². The number of halogens is 1. The molecular formula is C12H12ClNOS. The van der Waals surface area contributed by atoms with Gasteiger partial charge in [0, 0.05) is 11.4 Å². The molecule has 1 heterocycles. The Hall–Kier alpha value is -0.900. The summed E-state index contributed by atoms with van der Waals surface area (Å²) in [5, 5.41) is 10.8.